The first-order chi connectivity index (χ1) is 17.0. The average molecular weight is 491 g/mol. The van der Waals surface area contributed by atoms with Crippen LogP contribution >= 0.6 is 0 Å². The molecule has 182 valence electrons. The van der Waals surface area contributed by atoms with Crippen LogP contribution in [-0.2, 0) is 16.2 Å². The minimum atomic E-state index is -1.22. The zero-order chi connectivity index (χ0) is 24.6. The van der Waals surface area contributed by atoms with Gasteiger partial charge in [-0.3, -0.25) is 9.59 Å². The molecule has 7 heteroatoms. The monoisotopic (exact) mass is 490 g/mol. The Morgan fingerprint density at radius 1 is 0.971 bits per heavy atom. The van der Waals surface area contributed by atoms with Crippen LogP contribution in [0, 0.1) is 5.92 Å². The van der Waals surface area contributed by atoms with Gasteiger partial charge in [0.1, 0.15) is 0 Å². The molecule has 0 aliphatic carbocycles. The van der Waals surface area contributed by atoms with E-state index in [1.54, 1.807) is 24.3 Å². The molecule has 1 aliphatic heterocycles. The molecule has 2 unspecified atom stereocenters. The Morgan fingerprint density at radius 2 is 1.63 bits per heavy atom. The average Bonchev–Trinajstić information content (AvgIpc) is 2.90. The first-order valence-corrected chi connectivity index (χ1v) is 13.1. The van der Waals surface area contributed by atoms with E-state index in [2.05, 4.69) is 39.6 Å². The van der Waals surface area contributed by atoms with Crippen LogP contribution < -0.4 is 15.4 Å². The Bertz CT molecular complexity index is 1090. The Morgan fingerprint density at radius 3 is 2.26 bits per heavy atom. The van der Waals surface area contributed by atoms with E-state index in [0.29, 0.717) is 36.5 Å². The van der Waals surface area contributed by atoms with Crippen LogP contribution in [0.15, 0.2) is 89.8 Å². The quantitative estimate of drug-likeness (QED) is 0.271. The number of piperidine rings is 1. The molecule has 3 aromatic carbocycles. The summed E-state index contributed by atoms with van der Waals surface area (Å²) < 4.78 is 13.9. The maximum Gasteiger partial charge on any atom is 0.275 e. The Kier molecular flexibility index (Phi) is 8.71. The maximum atomic E-state index is 13.1. The molecule has 0 saturated carbocycles. The van der Waals surface area contributed by atoms with E-state index < -0.39 is 11.4 Å². The van der Waals surface area contributed by atoms with Gasteiger partial charge < -0.3 is 10.6 Å². The second-order valence-electron chi connectivity index (χ2n) is 8.89. The fraction of sp³-hybridized carbons (Fsp3) is 0.286. The van der Waals surface area contributed by atoms with Crippen LogP contribution in [0.5, 0.6) is 0 Å². The maximum absolute atomic E-state index is 13.1. The van der Waals surface area contributed by atoms with E-state index >= 15 is 0 Å². The van der Waals surface area contributed by atoms with Gasteiger partial charge in [0.25, 0.3) is 11.4 Å². The van der Waals surface area contributed by atoms with Gasteiger partial charge in [-0.25, -0.2) is 0 Å². The molecule has 0 spiro atoms. The summed E-state index contributed by atoms with van der Waals surface area (Å²) in [5.74, 6) is -0.154. The van der Waals surface area contributed by atoms with Crippen LogP contribution in [0.3, 0.4) is 0 Å². The van der Waals surface area contributed by atoms with Gasteiger partial charge in [0.2, 0.25) is 10.8 Å². The highest BCUT2D eigenvalue weighted by Crippen LogP contribution is 2.24. The fourth-order valence-electron chi connectivity index (χ4n) is 4.44. The molecule has 1 saturated heterocycles. The summed E-state index contributed by atoms with van der Waals surface area (Å²) in [6.07, 6.45) is 0.622. The number of hydrogen-bond donors (Lipinski definition) is 4. The SMILES string of the molecule is CC(=O)c1cccc([S+](O)N[C@H]2CNCC(C(=O)NCC(c3ccccc3)c3ccccc3)C2)c1. The molecule has 1 heterocycles. The third-order valence-electron chi connectivity index (χ3n) is 6.35. The third-order valence-corrected chi connectivity index (χ3v) is 7.60. The number of Topliss-reactive ketones (excluding diaryl/α,β-unsaturated/α-hetero) is 1. The van der Waals surface area contributed by atoms with Crippen molar-refractivity contribution in [1.29, 1.82) is 0 Å². The molecule has 1 fully saturated rings. The van der Waals surface area contributed by atoms with E-state index in [0.717, 1.165) is 11.1 Å². The lowest BCUT2D eigenvalue weighted by molar-refractivity contribution is -0.125. The van der Waals surface area contributed by atoms with Crippen molar-refractivity contribution in [3.05, 3.63) is 102 Å². The highest BCUT2D eigenvalue weighted by molar-refractivity contribution is 7.89. The van der Waals surface area contributed by atoms with Gasteiger partial charge in [0.15, 0.2) is 5.78 Å². The lowest BCUT2D eigenvalue weighted by Gasteiger charge is -2.28. The molecule has 3 atom stereocenters. The fourth-order valence-corrected chi connectivity index (χ4v) is 5.52. The molecule has 0 radical (unpaired) electrons. The summed E-state index contributed by atoms with van der Waals surface area (Å²) in [6, 6.07) is 27.4. The molecule has 1 amide bonds. The van der Waals surface area contributed by atoms with Crippen LogP contribution in [0.2, 0.25) is 0 Å². The summed E-state index contributed by atoms with van der Waals surface area (Å²) in [4.78, 5) is 25.4. The number of hydrogen-bond acceptors (Lipinski definition) is 5. The number of amides is 1. The van der Waals surface area contributed by atoms with E-state index in [9.17, 15) is 14.1 Å². The van der Waals surface area contributed by atoms with E-state index in [1.165, 1.54) is 6.92 Å². The van der Waals surface area contributed by atoms with Crippen molar-refractivity contribution in [3.63, 3.8) is 0 Å². The van der Waals surface area contributed by atoms with Crippen molar-refractivity contribution < 1.29 is 14.1 Å². The van der Waals surface area contributed by atoms with Gasteiger partial charge in [-0.15, -0.1) is 0 Å². The summed E-state index contributed by atoms with van der Waals surface area (Å²) in [5, 5.41) is 6.49. The van der Waals surface area contributed by atoms with Crippen molar-refractivity contribution in [3.8, 4) is 0 Å². The minimum Gasteiger partial charge on any atom is -0.355 e. The van der Waals surface area contributed by atoms with Gasteiger partial charge in [-0.05, 0) is 30.5 Å². The van der Waals surface area contributed by atoms with Crippen LogP contribution in [-0.4, -0.2) is 41.9 Å². The van der Waals surface area contributed by atoms with Crippen molar-refractivity contribution in [2.45, 2.75) is 30.2 Å². The predicted molar refractivity (Wildman–Crippen MR) is 140 cm³/mol. The van der Waals surface area contributed by atoms with Gasteiger partial charge in [0, 0.05) is 37.2 Å². The molecule has 0 bridgehead atoms. The molecule has 3 aromatic rings. The standard InChI is InChI=1S/C28H31N3O3S/c1-20(32)23-13-8-14-26(16-23)35(34)31-25-15-24(17-29-18-25)28(33)30-19-27(21-9-4-2-5-10-21)22-11-6-3-7-12-22/h2-14,16,24-25,27,29,31,34H,15,17-19H2,1H3/p+1/t24?,25-,35?/m1/s1. The first kappa shape index (κ1) is 25.1. The van der Waals surface area contributed by atoms with Crippen molar-refractivity contribution >= 4 is 23.1 Å². The predicted octanol–water partition coefficient (Wildman–Crippen LogP) is 3.77. The molecular formula is C28H32N3O3S+. The summed E-state index contributed by atoms with van der Waals surface area (Å²) in [6.45, 7) is 3.29. The summed E-state index contributed by atoms with van der Waals surface area (Å²) >= 11 is -1.22. The highest BCUT2D eigenvalue weighted by Gasteiger charge is 2.33. The van der Waals surface area contributed by atoms with E-state index in [1.807, 2.05) is 36.4 Å². The third kappa shape index (κ3) is 6.80. The van der Waals surface area contributed by atoms with Crippen molar-refractivity contribution in [1.82, 2.24) is 15.4 Å². The van der Waals surface area contributed by atoms with E-state index in [4.69, 9.17) is 0 Å². The molecule has 4 rings (SSSR count). The first-order valence-electron chi connectivity index (χ1n) is 11.9. The molecule has 35 heavy (non-hydrogen) atoms. The molecule has 4 N–H and O–H groups in total. The van der Waals surface area contributed by atoms with Crippen LogP contribution in [0.4, 0.5) is 0 Å². The lowest BCUT2D eigenvalue weighted by atomic mass is 9.90. The van der Waals surface area contributed by atoms with Crippen LogP contribution in [0.25, 0.3) is 0 Å². The number of ketones is 1. The number of carbonyl (C=O) groups is 2. The molecule has 6 nitrogen and oxygen atoms in total. The smallest absolute Gasteiger partial charge is 0.275 e. The zero-order valence-electron chi connectivity index (χ0n) is 19.8. The number of benzene rings is 3. The van der Waals surface area contributed by atoms with Gasteiger partial charge in [-0.2, -0.15) is 4.55 Å². The Labute approximate surface area is 209 Å². The van der Waals surface area contributed by atoms with Gasteiger partial charge >= 0.3 is 0 Å². The van der Waals surface area contributed by atoms with Gasteiger partial charge in [-0.1, -0.05) is 77.5 Å². The van der Waals surface area contributed by atoms with E-state index in [-0.39, 0.29) is 29.6 Å². The van der Waals surface area contributed by atoms with Crippen LogP contribution in [0.1, 0.15) is 40.7 Å². The molecular weight excluding hydrogens is 458 g/mol. The largest absolute Gasteiger partial charge is 0.355 e. The number of rotatable bonds is 9. The molecule has 0 aromatic heterocycles. The number of nitrogens with one attached hydrogen (secondary N) is 3. The minimum absolute atomic E-state index is 0.0114. The second kappa shape index (κ2) is 12.1. The normalized spacial score (nSPS) is 18.7. The summed E-state index contributed by atoms with van der Waals surface area (Å²) in [7, 11) is 0. The lowest BCUT2D eigenvalue weighted by Crippen LogP contribution is -2.52. The number of carbonyl (C=O) groups excluding carboxylic acids is 2. The van der Waals surface area contributed by atoms with Crippen molar-refractivity contribution in [2.75, 3.05) is 19.6 Å². The van der Waals surface area contributed by atoms with Gasteiger partial charge in [0.05, 0.1) is 12.0 Å². The highest BCUT2D eigenvalue weighted by atomic mass is 32.2. The zero-order valence-corrected chi connectivity index (χ0v) is 20.6. The van der Waals surface area contributed by atoms with Crippen molar-refractivity contribution in [2.24, 2.45) is 5.92 Å². The second-order valence-corrected chi connectivity index (χ2v) is 10.2. The Hall–Kier alpha value is -2.97. The topological polar surface area (TPSA) is 90.5 Å². The summed E-state index contributed by atoms with van der Waals surface area (Å²) in [5.41, 5.74) is 2.90. The molecule has 1 aliphatic rings. The Balaban J connectivity index is 1.36.